The summed E-state index contributed by atoms with van der Waals surface area (Å²) in [5.74, 6) is 2.48. The van der Waals surface area contributed by atoms with Gasteiger partial charge in [-0.15, -0.1) is 0 Å². The zero-order valence-corrected chi connectivity index (χ0v) is 16.9. The molecule has 7 heteroatoms. The predicted molar refractivity (Wildman–Crippen MR) is 115 cm³/mol. The number of para-hydroxylation sites is 2. The third-order valence-electron chi connectivity index (χ3n) is 4.12. The Morgan fingerprint density at radius 1 is 0.867 bits per heavy atom. The van der Waals surface area contributed by atoms with Gasteiger partial charge in [0.1, 0.15) is 0 Å². The minimum atomic E-state index is -0.287. The molecule has 1 amide bonds. The number of carbonyl (C=O) groups excluding carboxylic acids is 1. The molecule has 2 aromatic carbocycles. The van der Waals surface area contributed by atoms with E-state index in [4.69, 9.17) is 18.9 Å². The van der Waals surface area contributed by atoms with Gasteiger partial charge in [-0.05, 0) is 42.0 Å². The van der Waals surface area contributed by atoms with Gasteiger partial charge in [0, 0.05) is 12.1 Å². The summed E-state index contributed by atoms with van der Waals surface area (Å²) < 4.78 is 21.4. The van der Waals surface area contributed by atoms with Gasteiger partial charge in [0.25, 0.3) is 0 Å². The Bertz CT molecular complexity index is 1030. The van der Waals surface area contributed by atoms with Crippen molar-refractivity contribution in [3.05, 3.63) is 72.4 Å². The number of amides is 1. The van der Waals surface area contributed by atoms with Crippen molar-refractivity contribution in [3.8, 4) is 28.9 Å². The fourth-order valence-corrected chi connectivity index (χ4v) is 2.64. The molecule has 0 bridgehead atoms. The first kappa shape index (κ1) is 20.7. The summed E-state index contributed by atoms with van der Waals surface area (Å²) in [5, 5.41) is 2.75. The number of hydrogen-bond donors (Lipinski definition) is 1. The summed E-state index contributed by atoms with van der Waals surface area (Å²) in [6, 6.07) is 16.1. The first-order valence-corrected chi connectivity index (χ1v) is 9.11. The van der Waals surface area contributed by atoms with Crippen LogP contribution in [0.5, 0.6) is 28.9 Å². The lowest BCUT2D eigenvalue weighted by atomic mass is 10.2. The number of aromatic nitrogens is 1. The normalized spacial score (nSPS) is 10.5. The number of benzene rings is 2. The van der Waals surface area contributed by atoms with Crippen molar-refractivity contribution in [1.29, 1.82) is 0 Å². The number of ether oxygens (including phenoxy) is 4. The van der Waals surface area contributed by atoms with E-state index in [0.29, 0.717) is 34.6 Å². The number of methoxy groups -OCH3 is 3. The van der Waals surface area contributed by atoms with Crippen LogP contribution in [0.2, 0.25) is 0 Å². The van der Waals surface area contributed by atoms with E-state index in [1.165, 1.54) is 12.3 Å². The van der Waals surface area contributed by atoms with Crippen molar-refractivity contribution in [3.63, 3.8) is 0 Å². The molecule has 3 aromatic rings. The average Bonchev–Trinajstić information content (AvgIpc) is 2.79. The van der Waals surface area contributed by atoms with E-state index >= 15 is 0 Å². The molecule has 7 nitrogen and oxygen atoms in total. The second kappa shape index (κ2) is 9.97. The second-order valence-electron chi connectivity index (χ2n) is 6.08. The maximum atomic E-state index is 12.2. The van der Waals surface area contributed by atoms with Crippen LogP contribution in [-0.2, 0) is 4.79 Å². The predicted octanol–water partition coefficient (Wildman–Crippen LogP) is 4.55. The van der Waals surface area contributed by atoms with Gasteiger partial charge in [0.2, 0.25) is 11.8 Å². The molecule has 3 rings (SSSR count). The molecule has 0 saturated carbocycles. The quantitative estimate of drug-likeness (QED) is 0.553. The van der Waals surface area contributed by atoms with Gasteiger partial charge in [0.15, 0.2) is 23.0 Å². The molecule has 0 aliphatic heterocycles. The lowest BCUT2D eigenvalue weighted by Gasteiger charge is -2.09. The minimum absolute atomic E-state index is 0.287. The van der Waals surface area contributed by atoms with E-state index in [2.05, 4.69) is 10.3 Å². The molecule has 0 saturated heterocycles. The number of nitrogens with one attached hydrogen (secondary N) is 1. The lowest BCUT2D eigenvalue weighted by molar-refractivity contribution is -0.111. The van der Waals surface area contributed by atoms with Gasteiger partial charge in [0.05, 0.1) is 33.2 Å². The molecule has 1 N–H and O–H groups in total. The maximum Gasteiger partial charge on any atom is 0.248 e. The molecular formula is C23H22N2O5. The fourth-order valence-electron chi connectivity index (χ4n) is 2.64. The Morgan fingerprint density at radius 2 is 1.57 bits per heavy atom. The molecule has 0 aliphatic rings. The maximum absolute atomic E-state index is 12.2. The van der Waals surface area contributed by atoms with E-state index in [1.807, 2.05) is 18.2 Å². The zero-order valence-electron chi connectivity index (χ0n) is 16.9. The molecule has 30 heavy (non-hydrogen) atoms. The standard InChI is InChI=1S/C23H22N2O5/c1-27-18-6-4-5-7-20(18)30-23-13-10-17(15-24-23)25-22(26)12-9-16-8-11-19(28-2)21(14-16)29-3/h4-15H,1-3H3,(H,25,26)/b12-9+. The summed E-state index contributed by atoms with van der Waals surface area (Å²) in [5.41, 5.74) is 1.35. The number of hydrogen-bond acceptors (Lipinski definition) is 6. The Hall–Kier alpha value is -4.00. The van der Waals surface area contributed by atoms with Crippen molar-refractivity contribution >= 4 is 17.7 Å². The summed E-state index contributed by atoms with van der Waals surface area (Å²) in [6.07, 6.45) is 4.64. The molecule has 0 spiro atoms. The molecule has 1 aromatic heterocycles. The van der Waals surface area contributed by atoms with Crippen LogP contribution in [0.3, 0.4) is 0 Å². The highest BCUT2D eigenvalue weighted by Crippen LogP contribution is 2.30. The van der Waals surface area contributed by atoms with Crippen molar-refractivity contribution in [2.75, 3.05) is 26.6 Å². The second-order valence-corrected chi connectivity index (χ2v) is 6.08. The van der Waals surface area contributed by atoms with Crippen LogP contribution >= 0.6 is 0 Å². The summed E-state index contributed by atoms with van der Waals surface area (Å²) in [7, 11) is 4.71. The molecule has 0 fully saturated rings. The first-order chi connectivity index (χ1) is 14.6. The van der Waals surface area contributed by atoms with Crippen LogP contribution in [0, 0.1) is 0 Å². The van der Waals surface area contributed by atoms with Gasteiger partial charge in [-0.3, -0.25) is 4.79 Å². The number of nitrogens with zero attached hydrogens (tertiary/aromatic N) is 1. The fraction of sp³-hybridized carbons (Fsp3) is 0.130. The van der Waals surface area contributed by atoms with E-state index in [0.717, 1.165) is 5.56 Å². The average molecular weight is 406 g/mol. The van der Waals surface area contributed by atoms with Crippen LogP contribution in [0.1, 0.15) is 5.56 Å². The van der Waals surface area contributed by atoms with Gasteiger partial charge in [-0.2, -0.15) is 0 Å². The largest absolute Gasteiger partial charge is 0.493 e. The van der Waals surface area contributed by atoms with Crippen molar-refractivity contribution in [1.82, 2.24) is 4.98 Å². The summed E-state index contributed by atoms with van der Waals surface area (Å²) >= 11 is 0. The third-order valence-corrected chi connectivity index (χ3v) is 4.12. The van der Waals surface area contributed by atoms with E-state index in [1.54, 1.807) is 63.8 Å². The van der Waals surface area contributed by atoms with Crippen LogP contribution in [0.4, 0.5) is 5.69 Å². The zero-order chi connectivity index (χ0) is 21.3. The smallest absolute Gasteiger partial charge is 0.248 e. The van der Waals surface area contributed by atoms with Crippen molar-refractivity contribution < 1.29 is 23.7 Å². The highest BCUT2D eigenvalue weighted by Gasteiger charge is 2.06. The molecule has 1 heterocycles. The number of rotatable bonds is 8. The van der Waals surface area contributed by atoms with Gasteiger partial charge < -0.3 is 24.3 Å². The highest BCUT2D eigenvalue weighted by molar-refractivity contribution is 6.01. The monoisotopic (exact) mass is 406 g/mol. The topological polar surface area (TPSA) is 78.9 Å². The number of anilines is 1. The van der Waals surface area contributed by atoms with Crippen molar-refractivity contribution in [2.45, 2.75) is 0 Å². The molecule has 0 atom stereocenters. The Balaban J connectivity index is 1.61. The van der Waals surface area contributed by atoms with Crippen LogP contribution in [0.15, 0.2) is 66.9 Å². The van der Waals surface area contributed by atoms with Crippen LogP contribution < -0.4 is 24.3 Å². The number of pyridine rings is 1. The SMILES string of the molecule is COc1ccc(/C=C/C(=O)Nc2ccc(Oc3ccccc3OC)nc2)cc1OC. The molecule has 0 aliphatic carbocycles. The van der Waals surface area contributed by atoms with E-state index < -0.39 is 0 Å². The lowest BCUT2D eigenvalue weighted by Crippen LogP contribution is -2.08. The Kier molecular flexibility index (Phi) is 6.89. The van der Waals surface area contributed by atoms with Gasteiger partial charge in [-0.25, -0.2) is 4.98 Å². The number of carbonyl (C=O) groups is 1. The molecular weight excluding hydrogens is 384 g/mol. The molecule has 0 radical (unpaired) electrons. The molecule has 0 unspecified atom stereocenters. The first-order valence-electron chi connectivity index (χ1n) is 9.11. The van der Waals surface area contributed by atoms with Gasteiger partial charge in [-0.1, -0.05) is 18.2 Å². The highest BCUT2D eigenvalue weighted by atomic mass is 16.5. The molecule has 154 valence electrons. The minimum Gasteiger partial charge on any atom is -0.493 e. The van der Waals surface area contributed by atoms with Crippen LogP contribution in [-0.4, -0.2) is 32.2 Å². The summed E-state index contributed by atoms with van der Waals surface area (Å²) in [6.45, 7) is 0. The van der Waals surface area contributed by atoms with Gasteiger partial charge >= 0.3 is 0 Å². The Morgan fingerprint density at radius 3 is 2.23 bits per heavy atom. The van der Waals surface area contributed by atoms with Crippen molar-refractivity contribution in [2.24, 2.45) is 0 Å². The Labute approximate surface area is 174 Å². The third kappa shape index (κ3) is 5.29. The summed E-state index contributed by atoms with van der Waals surface area (Å²) in [4.78, 5) is 16.4. The van der Waals surface area contributed by atoms with E-state index in [9.17, 15) is 4.79 Å². The van der Waals surface area contributed by atoms with Crippen LogP contribution in [0.25, 0.3) is 6.08 Å². The van der Waals surface area contributed by atoms with E-state index in [-0.39, 0.29) is 5.91 Å².